The molecule has 0 atom stereocenters. The molecule has 0 fully saturated rings. The van der Waals surface area contributed by atoms with Crippen LogP contribution in [0.2, 0.25) is 5.15 Å². The van der Waals surface area contributed by atoms with Crippen LogP contribution in [0.1, 0.15) is 30.6 Å². The van der Waals surface area contributed by atoms with Gasteiger partial charge >= 0.3 is 0 Å². The average molecular weight is 270 g/mol. The van der Waals surface area contributed by atoms with Gasteiger partial charge in [0.25, 0.3) is 5.91 Å². The van der Waals surface area contributed by atoms with Gasteiger partial charge in [0.05, 0.1) is 0 Å². The molecule has 0 aliphatic carbocycles. The van der Waals surface area contributed by atoms with Gasteiger partial charge in [0, 0.05) is 26.2 Å². The van der Waals surface area contributed by atoms with Crippen LogP contribution in [-0.4, -0.2) is 31.5 Å². The number of nitrogens with zero attached hydrogens (tertiary/aromatic N) is 2. The predicted molar refractivity (Wildman–Crippen MR) is 75.4 cm³/mol. The topological polar surface area (TPSA) is 45.2 Å². The Bertz CT molecular complexity index is 419. The van der Waals surface area contributed by atoms with Gasteiger partial charge in [0.1, 0.15) is 11.0 Å². The highest BCUT2D eigenvalue weighted by Gasteiger charge is 2.10. The molecule has 100 valence electrons. The smallest absolute Gasteiger partial charge is 0.251 e. The van der Waals surface area contributed by atoms with Gasteiger partial charge in [-0.05, 0) is 24.5 Å². The van der Waals surface area contributed by atoms with E-state index in [4.69, 9.17) is 11.6 Å². The molecule has 1 N–H and O–H groups in total. The van der Waals surface area contributed by atoms with Crippen LogP contribution in [0.5, 0.6) is 0 Å². The number of carbonyl (C=O) groups is 1. The number of pyridine rings is 1. The maximum atomic E-state index is 11.9. The summed E-state index contributed by atoms with van der Waals surface area (Å²) in [6.45, 7) is 4.92. The summed E-state index contributed by atoms with van der Waals surface area (Å²) in [6, 6.07) is 3.32. The second-order valence-electron chi connectivity index (χ2n) is 4.87. The number of hydrogen-bond acceptors (Lipinski definition) is 3. The molecule has 0 unspecified atom stereocenters. The van der Waals surface area contributed by atoms with Gasteiger partial charge in [0.2, 0.25) is 0 Å². The second kappa shape index (κ2) is 6.59. The Morgan fingerprint density at radius 1 is 1.44 bits per heavy atom. The molecule has 0 aromatic carbocycles. The highest BCUT2D eigenvalue weighted by molar-refractivity contribution is 6.29. The molecule has 0 saturated carbocycles. The molecule has 1 amide bonds. The summed E-state index contributed by atoms with van der Waals surface area (Å²) < 4.78 is 0. The van der Waals surface area contributed by atoms with Gasteiger partial charge in [-0.2, -0.15) is 0 Å². The molecule has 0 bridgehead atoms. The van der Waals surface area contributed by atoms with E-state index in [-0.39, 0.29) is 5.91 Å². The van der Waals surface area contributed by atoms with Crippen LogP contribution in [0.4, 0.5) is 5.82 Å². The maximum Gasteiger partial charge on any atom is 0.251 e. The number of anilines is 1. The molecule has 0 saturated heterocycles. The minimum Gasteiger partial charge on any atom is -0.363 e. The highest BCUT2D eigenvalue weighted by Crippen LogP contribution is 2.16. The first kappa shape index (κ1) is 14.8. The van der Waals surface area contributed by atoms with Crippen molar-refractivity contribution in [2.75, 3.05) is 25.5 Å². The van der Waals surface area contributed by atoms with Crippen molar-refractivity contribution in [3.05, 3.63) is 22.8 Å². The van der Waals surface area contributed by atoms with Crippen molar-refractivity contribution in [2.45, 2.75) is 20.3 Å². The summed E-state index contributed by atoms with van der Waals surface area (Å²) >= 11 is 5.90. The van der Waals surface area contributed by atoms with Crippen molar-refractivity contribution in [1.82, 2.24) is 10.3 Å². The minimum atomic E-state index is -0.108. The quantitative estimate of drug-likeness (QED) is 0.836. The van der Waals surface area contributed by atoms with Crippen LogP contribution in [0.3, 0.4) is 0 Å². The first-order valence-electron chi connectivity index (χ1n) is 6.03. The number of hydrogen-bond donors (Lipinski definition) is 1. The third kappa shape index (κ3) is 4.53. The zero-order valence-electron chi connectivity index (χ0n) is 11.3. The molecule has 1 aromatic heterocycles. The average Bonchev–Trinajstić information content (AvgIpc) is 2.27. The Hall–Kier alpha value is -1.29. The van der Waals surface area contributed by atoms with Crippen molar-refractivity contribution < 1.29 is 4.79 Å². The summed E-state index contributed by atoms with van der Waals surface area (Å²) in [4.78, 5) is 17.9. The Morgan fingerprint density at radius 3 is 2.67 bits per heavy atom. The van der Waals surface area contributed by atoms with Crippen LogP contribution in [0, 0.1) is 5.92 Å². The Balaban J connectivity index is 2.73. The zero-order valence-corrected chi connectivity index (χ0v) is 12.1. The fraction of sp³-hybridized carbons (Fsp3) is 0.538. The molecule has 0 aliphatic heterocycles. The lowest BCUT2D eigenvalue weighted by atomic mass is 10.1. The summed E-state index contributed by atoms with van der Waals surface area (Å²) in [7, 11) is 3.72. The number of carbonyl (C=O) groups excluding carboxylic acids is 1. The van der Waals surface area contributed by atoms with Crippen LogP contribution in [-0.2, 0) is 0 Å². The summed E-state index contributed by atoms with van der Waals surface area (Å²) in [5.41, 5.74) is 0.544. The van der Waals surface area contributed by atoms with E-state index >= 15 is 0 Å². The molecule has 0 radical (unpaired) electrons. The molecular formula is C13H20ClN3O. The molecule has 4 nitrogen and oxygen atoms in total. The molecule has 5 heteroatoms. The molecule has 18 heavy (non-hydrogen) atoms. The minimum absolute atomic E-state index is 0.108. The van der Waals surface area contributed by atoms with Crippen LogP contribution >= 0.6 is 11.6 Å². The fourth-order valence-corrected chi connectivity index (χ4v) is 1.62. The van der Waals surface area contributed by atoms with E-state index in [0.29, 0.717) is 29.0 Å². The second-order valence-corrected chi connectivity index (χ2v) is 5.26. The number of amides is 1. The third-order valence-corrected chi connectivity index (χ3v) is 2.70. The van der Waals surface area contributed by atoms with E-state index < -0.39 is 0 Å². The first-order chi connectivity index (χ1) is 8.40. The SMILES string of the molecule is CC(C)CCNC(=O)c1cc(Cl)nc(N(C)C)c1. The van der Waals surface area contributed by atoms with Gasteiger partial charge in [0.15, 0.2) is 0 Å². The Labute approximate surface area is 113 Å². The number of halogens is 1. The van der Waals surface area contributed by atoms with E-state index in [1.807, 2.05) is 19.0 Å². The van der Waals surface area contributed by atoms with Crippen LogP contribution in [0.25, 0.3) is 0 Å². The van der Waals surface area contributed by atoms with Crippen LogP contribution in [0.15, 0.2) is 12.1 Å². The van der Waals surface area contributed by atoms with E-state index in [1.54, 1.807) is 12.1 Å². The van der Waals surface area contributed by atoms with E-state index in [1.165, 1.54) is 0 Å². The Kier molecular flexibility index (Phi) is 5.41. The van der Waals surface area contributed by atoms with Crippen molar-refractivity contribution in [1.29, 1.82) is 0 Å². The number of aromatic nitrogens is 1. The molecule has 1 heterocycles. The lowest BCUT2D eigenvalue weighted by Gasteiger charge is -2.13. The van der Waals surface area contributed by atoms with Crippen molar-refractivity contribution in [2.24, 2.45) is 5.92 Å². The van der Waals surface area contributed by atoms with E-state index in [2.05, 4.69) is 24.1 Å². The largest absolute Gasteiger partial charge is 0.363 e. The summed E-state index contributed by atoms with van der Waals surface area (Å²) in [6.07, 6.45) is 0.963. The van der Waals surface area contributed by atoms with Crippen molar-refractivity contribution in [3.63, 3.8) is 0 Å². The maximum absolute atomic E-state index is 11.9. The predicted octanol–water partition coefficient (Wildman–Crippen LogP) is 2.58. The lowest BCUT2D eigenvalue weighted by molar-refractivity contribution is 0.0952. The normalized spacial score (nSPS) is 10.6. The van der Waals surface area contributed by atoms with Gasteiger partial charge in [-0.1, -0.05) is 25.4 Å². The summed E-state index contributed by atoms with van der Waals surface area (Å²) in [5.74, 6) is 1.14. The molecular weight excluding hydrogens is 250 g/mol. The van der Waals surface area contributed by atoms with E-state index in [9.17, 15) is 4.79 Å². The van der Waals surface area contributed by atoms with Gasteiger partial charge in [-0.25, -0.2) is 4.98 Å². The van der Waals surface area contributed by atoms with Crippen molar-refractivity contribution >= 4 is 23.3 Å². The lowest BCUT2D eigenvalue weighted by Crippen LogP contribution is -2.25. The molecule has 1 aromatic rings. The molecule has 0 spiro atoms. The monoisotopic (exact) mass is 269 g/mol. The number of nitrogens with one attached hydrogen (secondary N) is 1. The van der Waals surface area contributed by atoms with E-state index in [0.717, 1.165) is 6.42 Å². The first-order valence-corrected chi connectivity index (χ1v) is 6.41. The van der Waals surface area contributed by atoms with Crippen LogP contribution < -0.4 is 10.2 Å². The van der Waals surface area contributed by atoms with Gasteiger partial charge in [-0.3, -0.25) is 4.79 Å². The summed E-state index contributed by atoms with van der Waals surface area (Å²) in [5, 5.41) is 3.21. The highest BCUT2D eigenvalue weighted by atomic mass is 35.5. The zero-order chi connectivity index (χ0) is 13.7. The fourth-order valence-electron chi connectivity index (χ4n) is 1.42. The molecule has 0 aliphatic rings. The number of rotatable bonds is 5. The Morgan fingerprint density at radius 2 is 2.11 bits per heavy atom. The van der Waals surface area contributed by atoms with Gasteiger partial charge in [-0.15, -0.1) is 0 Å². The third-order valence-electron chi connectivity index (χ3n) is 2.51. The van der Waals surface area contributed by atoms with Crippen molar-refractivity contribution in [3.8, 4) is 0 Å². The standard InChI is InChI=1S/C13H20ClN3O/c1-9(2)5-6-15-13(18)10-7-11(14)16-12(8-10)17(3)4/h7-9H,5-6H2,1-4H3,(H,15,18). The van der Waals surface area contributed by atoms with Gasteiger partial charge < -0.3 is 10.2 Å². The molecule has 1 rings (SSSR count).